The van der Waals surface area contributed by atoms with Crippen LogP contribution in [0.3, 0.4) is 0 Å². The fraction of sp³-hybridized carbons (Fsp3) is 0.227. The quantitative estimate of drug-likeness (QED) is 0.667. The Balaban J connectivity index is 1.72. The van der Waals surface area contributed by atoms with Crippen LogP contribution in [0.15, 0.2) is 54.6 Å². The standard InChI is InChI=1S/C22H20F2N4O2/c1-15(29)26-10-12-27(13-11-26)22(30)21-14-20(18-4-2-3-5-19(18)24)25-28(21)17-8-6-16(23)7-9-17/h2-9,14H,10-13H2,1H3. The van der Waals surface area contributed by atoms with Gasteiger partial charge in [0.15, 0.2) is 0 Å². The maximum Gasteiger partial charge on any atom is 0.272 e. The second kappa shape index (κ2) is 8.06. The minimum absolute atomic E-state index is 0.0275. The molecule has 1 saturated heterocycles. The predicted molar refractivity (Wildman–Crippen MR) is 107 cm³/mol. The van der Waals surface area contributed by atoms with Crippen LogP contribution in [-0.2, 0) is 4.79 Å². The number of aromatic nitrogens is 2. The molecule has 1 fully saturated rings. The van der Waals surface area contributed by atoms with Gasteiger partial charge in [0.2, 0.25) is 5.91 Å². The molecule has 2 aromatic carbocycles. The first kappa shape index (κ1) is 19.8. The van der Waals surface area contributed by atoms with Crippen molar-refractivity contribution in [2.75, 3.05) is 26.2 Å². The normalized spacial score (nSPS) is 14.1. The zero-order valence-corrected chi connectivity index (χ0v) is 16.4. The second-order valence-corrected chi connectivity index (χ2v) is 7.08. The van der Waals surface area contributed by atoms with Crippen LogP contribution >= 0.6 is 0 Å². The highest BCUT2D eigenvalue weighted by molar-refractivity contribution is 5.94. The van der Waals surface area contributed by atoms with Gasteiger partial charge in [-0.25, -0.2) is 13.5 Å². The van der Waals surface area contributed by atoms with Gasteiger partial charge < -0.3 is 9.80 Å². The van der Waals surface area contributed by atoms with Crippen molar-refractivity contribution < 1.29 is 18.4 Å². The van der Waals surface area contributed by atoms with Crippen molar-refractivity contribution >= 4 is 11.8 Å². The number of rotatable bonds is 3. The summed E-state index contributed by atoms with van der Waals surface area (Å²) in [4.78, 5) is 28.1. The third-order valence-electron chi connectivity index (χ3n) is 5.16. The first-order valence-corrected chi connectivity index (χ1v) is 9.60. The molecule has 0 bridgehead atoms. The molecule has 0 spiro atoms. The summed E-state index contributed by atoms with van der Waals surface area (Å²) in [5, 5.41) is 4.44. The number of benzene rings is 2. The van der Waals surface area contributed by atoms with E-state index < -0.39 is 11.6 Å². The zero-order valence-electron chi connectivity index (χ0n) is 16.4. The number of carbonyl (C=O) groups excluding carboxylic acids is 2. The molecular weight excluding hydrogens is 390 g/mol. The highest BCUT2D eigenvalue weighted by Gasteiger charge is 2.27. The molecule has 2 heterocycles. The second-order valence-electron chi connectivity index (χ2n) is 7.08. The first-order chi connectivity index (χ1) is 14.4. The fourth-order valence-electron chi connectivity index (χ4n) is 3.50. The number of nitrogens with zero attached hydrogens (tertiary/aromatic N) is 4. The number of halogens is 2. The van der Waals surface area contributed by atoms with E-state index in [0.29, 0.717) is 37.6 Å². The van der Waals surface area contributed by atoms with Crippen LogP contribution in [0.2, 0.25) is 0 Å². The van der Waals surface area contributed by atoms with Gasteiger partial charge in [-0.1, -0.05) is 12.1 Å². The fourth-order valence-corrected chi connectivity index (χ4v) is 3.50. The van der Waals surface area contributed by atoms with E-state index in [-0.39, 0.29) is 23.1 Å². The van der Waals surface area contributed by atoms with Gasteiger partial charge >= 0.3 is 0 Å². The van der Waals surface area contributed by atoms with E-state index in [2.05, 4.69) is 5.10 Å². The molecular formula is C22H20F2N4O2. The average molecular weight is 410 g/mol. The van der Waals surface area contributed by atoms with Crippen molar-refractivity contribution in [3.63, 3.8) is 0 Å². The van der Waals surface area contributed by atoms with Gasteiger partial charge in [-0.3, -0.25) is 9.59 Å². The summed E-state index contributed by atoms with van der Waals surface area (Å²) in [6.45, 7) is 3.18. The first-order valence-electron chi connectivity index (χ1n) is 9.60. The third-order valence-corrected chi connectivity index (χ3v) is 5.16. The van der Waals surface area contributed by atoms with Gasteiger partial charge in [-0.05, 0) is 42.5 Å². The number of carbonyl (C=O) groups is 2. The lowest BCUT2D eigenvalue weighted by Crippen LogP contribution is -2.50. The number of hydrogen-bond acceptors (Lipinski definition) is 3. The van der Waals surface area contributed by atoms with Crippen molar-refractivity contribution in [2.45, 2.75) is 6.92 Å². The third kappa shape index (κ3) is 3.80. The van der Waals surface area contributed by atoms with Crippen LogP contribution in [0, 0.1) is 11.6 Å². The molecule has 1 aliphatic heterocycles. The Morgan fingerprint density at radius 3 is 2.17 bits per heavy atom. The SMILES string of the molecule is CC(=O)N1CCN(C(=O)c2cc(-c3ccccc3F)nn2-c2ccc(F)cc2)CC1. The summed E-state index contributed by atoms with van der Waals surface area (Å²) in [6, 6.07) is 13.3. The smallest absolute Gasteiger partial charge is 0.272 e. The Bertz CT molecular complexity index is 1090. The number of hydrogen-bond donors (Lipinski definition) is 0. The Hall–Kier alpha value is -3.55. The lowest BCUT2D eigenvalue weighted by molar-refractivity contribution is -0.130. The monoisotopic (exact) mass is 410 g/mol. The van der Waals surface area contributed by atoms with Crippen molar-refractivity contribution in [1.29, 1.82) is 0 Å². The molecule has 0 aliphatic carbocycles. The molecule has 0 unspecified atom stereocenters. The lowest BCUT2D eigenvalue weighted by atomic mass is 10.1. The molecule has 6 nitrogen and oxygen atoms in total. The lowest BCUT2D eigenvalue weighted by Gasteiger charge is -2.34. The van der Waals surface area contributed by atoms with E-state index in [1.165, 1.54) is 41.9 Å². The number of amides is 2. The Morgan fingerprint density at radius 2 is 1.53 bits per heavy atom. The van der Waals surface area contributed by atoms with E-state index in [4.69, 9.17) is 0 Å². The Labute approximate surface area is 172 Å². The van der Waals surface area contributed by atoms with Gasteiger partial charge in [0, 0.05) is 38.7 Å². The van der Waals surface area contributed by atoms with Gasteiger partial charge in [-0.2, -0.15) is 5.10 Å². The van der Waals surface area contributed by atoms with Crippen LogP contribution in [0.1, 0.15) is 17.4 Å². The van der Waals surface area contributed by atoms with E-state index >= 15 is 0 Å². The molecule has 2 amide bonds. The topological polar surface area (TPSA) is 58.4 Å². The van der Waals surface area contributed by atoms with E-state index in [0.717, 1.165) is 0 Å². The summed E-state index contributed by atoms with van der Waals surface area (Å²) >= 11 is 0. The van der Waals surface area contributed by atoms with E-state index in [9.17, 15) is 18.4 Å². The van der Waals surface area contributed by atoms with Gasteiger partial charge in [0.25, 0.3) is 5.91 Å². The maximum absolute atomic E-state index is 14.3. The van der Waals surface area contributed by atoms with Crippen LogP contribution in [0.5, 0.6) is 0 Å². The molecule has 0 atom stereocenters. The predicted octanol–water partition coefficient (Wildman–Crippen LogP) is 3.12. The van der Waals surface area contributed by atoms with Crippen LogP contribution < -0.4 is 0 Å². The molecule has 0 radical (unpaired) electrons. The van der Waals surface area contributed by atoms with E-state index in [1.54, 1.807) is 34.1 Å². The molecule has 8 heteroatoms. The Morgan fingerprint density at radius 1 is 0.900 bits per heavy atom. The Kier molecular flexibility index (Phi) is 5.31. The molecule has 154 valence electrons. The minimum atomic E-state index is -0.449. The number of piperazine rings is 1. The van der Waals surface area contributed by atoms with Crippen LogP contribution in [0.4, 0.5) is 8.78 Å². The maximum atomic E-state index is 14.3. The van der Waals surface area contributed by atoms with Crippen molar-refractivity contribution in [2.24, 2.45) is 0 Å². The van der Waals surface area contributed by atoms with Gasteiger partial charge in [-0.15, -0.1) is 0 Å². The largest absolute Gasteiger partial charge is 0.339 e. The van der Waals surface area contributed by atoms with Crippen LogP contribution in [0.25, 0.3) is 16.9 Å². The summed E-state index contributed by atoms with van der Waals surface area (Å²) in [7, 11) is 0. The summed E-state index contributed by atoms with van der Waals surface area (Å²) in [6.07, 6.45) is 0. The van der Waals surface area contributed by atoms with Gasteiger partial charge in [0.05, 0.1) is 11.4 Å². The highest BCUT2D eigenvalue weighted by Crippen LogP contribution is 2.25. The van der Waals surface area contributed by atoms with Crippen molar-refractivity contribution in [1.82, 2.24) is 19.6 Å². The van der Waals surface area contributed by atoms with Crippen LogP contribution in [-0.4, -0.2) is 57.6 Å². The minimum Gasteiger partial charge on any atom is -0.339 e. The molecule has 4 rings (SSSR count). The summed E-state index contributed by atoms with van der Waals surface area (Å²) in [5.41, 5.74) is 1.32. The van der Waals surface area contributed by atoms with Crippen molar-refractivity contribution in [3.8, 4) is 16.9 Å². The molecule has 0 N–H and O–H groups in total. The molecule has 1 aromatic heterocycles. The summed E-state index contributed by atoms with van der Waals surface area (Å²) in [5.74, 6) is -1.17. The molecule has 0 saturated carbocycles. The highest BCUT2D eigenvalue weighted by atomic mass is 19.1. The van der Waals surface area contributed by atoms with E-state index in [1.807, 2.05) is 0 Å². The van der Waals surface area contributed by atoms with Gasteiger partial charge in [0.1, 0.15) is 17.3 Å². The van der Waals surface area contributed by atoms with Crippen molar-refractivity contribution in [3.05, 3.63) is 71.9 Å². The molecule has 30 heavy (non-hydrogen) atoms. The summed E-state index contributed by atoms with van der Waals surface area (Å²) < 4.78 is 29.1. The molecule has 1 aliphatic rings. The average Bonchev–Trinajstić information content (AvgIpc) is 3.19. The zero-order chi connectivity index (χ0) is 21.3. The molecule has 3 aromatic rings.